The Morgan fingerprint density at radius 2 is 1.78 bits per heavy atom. The molecule has 1 aliphatic heterocycles. The number of fused-ring (bicyclic) bond motifs is 2. The summed E-state index contributed by atoms with van der Waals surface area (Å²) in [6, 6.07) is 20.2. The molecule has 186 valence electrons. The summed E-state index contributed by atoms with van der Waals surface area (Å²) in [6.45, 7) is 0.495. The van der Waals surface area contributed by atoms with Crippen molar-refractivity contribution < 1.29 is 19.4 Å². The number of phenols is 1. The van der Waals surface area contributed by atoms with E-state index in [9.17, 15) is 9.90 Å². The van der Waals surface area contributed by atoms with Gasteiger partial charge in [0.1, 0.15) is 22.9 Å². The van der Waals surface area contributed by atoms with Gasteiger partial charge in [-0.3, -0.25) is 9.89 Å². The number of H-pyrrole nitrogens is 2. The smallest absolute Gasteiger partial charge is 0.273 e. The Bertz CT molecular complexity index is 1600. The number of aromatic amines is 2. The van der Waals surface area contributed by atoms with Crippen LogP contribution in [0.2, 0.25) is 0 Å². The van der Waals surface area contributed by atoms with Crippen LogP contribution in [0.15, 0.2) is 72.9 Å². The van der Waals surface area contributed by atoms with Crippen LogP contribution in [0.3, 0.4) is 0 Å². The summed E-state index contributed by atoms with van der Waals surface area (Å²) in [5.41, 5.74) is 5.90. The van der Waals surface area contributed by atoms with Crippen LogP contribution in [-0.2, 0) is 6.42 Å². The van der Waals surface area contributed by atoms with Gasteiger partial charge in [-0.25, -0.2) is 0 Å². The van der Waals surface area contributed by atoms with E-state index in [-0.39, 0.29) is 17.7 Å². The molecule has 1 atom stereocenters. The monoisotopic (exact) mass is 494 g/mol. The lowest BCUT2D eigenvalue weighted by Crippen LogP contribution is -2.31. The zero-order valence-corrected chi connectivity index (χ0v) is 20.5. The zero-order valence-electron chi connectivity index (χ0n) is 20.5. The highest BCUT2D eigenvalue weighted by atomic mass is 16.5. The number of aromatic hydroxyl groups is 1. The van der Waals surface area contributed by atoms with E-state index in [1.165, 1.54) is 0 Å². The first-order valence-corrected chi connectivity index (χ1v) is 12.0. The number of carbonyl (C=O) groups is 1. The zero-order chi connectivity index (χ0) is 25.5. The molecule has 1 amide bonds. The van der Waals surface area contributed by atoms with E-state index >= 15 is 0 Å². The normalized spacial score (nSPS) is 14.8. The van der Waals surface area contributed by atoms with Gasteiger partial charge in [-0.1, -0.05) is 24.3 Å². The second-order valence-electron chi connectivity index (χ2n) is 9.06. The van der Waals surface area contributed by atoms with Crippen LogP contribution in [0.5, 0.6) is 17.2 Å². The molecule has 3 aromatic carbocycles. The number of aromatic nitrogens is 3. The predicted octanol–water partition coefficient (Wildman–Crippen LogP) is 5.07. The number of nitrogens with one attached hydrogen (secondary N) is 2. The highest BCUT2D eigenvalue weighted by molar-refractivity contribution is 6.00. The van der Waals surface area contributed by atoms with Gasteiger partial charge in [0.2, 0.25) is 0 Å². The molecule has 0 radical (unpaired) electrons. The number of benzene rings is 3. The maximum atomic E-state index is 13.7. The molecule has 0 saturated heterocycles. The second-order valence-corrected chi connectivity index (χ2v) is 9.06. The molecule has 8 heteroatoms. The summed E-state index contributed by atoms with van der Waals surface area (Å²) >= 11 is 0. The van der Waals surface area contributed by atoms with Crippen LogP contribution in [-0.4, -0.2) is 51.9 Å². The summed E-state index contributed by atoms with van der Waals surface area (Å²) in [7, 11) is 3.28. The van der Waals surface area contributed by atoms with E-state index < -0.39 is 0 Å². The lowest BCUT2D eigenvalue weighted by atomic mass is 9.95. The van der Waals surface area contributed by atoms with Gasteiger partial charge in [-0.05, 0) is 60.0 Å². The summed E-state index contributed by atoms with van der Waals surface area (Å²) < 4.78 is 10.8. The van der Waals surface area contributed by atoms with Crippen molar-refractivity contribution in [2.45, 2.75) is 12.5 Å². The number of methoxy groups -OCH3 is 2. The first-order valence-electron chi connectivity index (χ1n) is 12.0. The standard InChI is InChI=1S/C29H26N4O4/c1-36-21-5-3-4-18(14-21)26-25-27(32-31-26)29(35)33(28(25)17-6-8-20(34)9-7-17)13-12-19-16-30-24-11-10-22(37-2)15-23(19)24/h3-11,14-16,28,30,34H,12-13H2,1-2H3,(H,31,32). The highest BCUT2D eigenvalue weighted by Crippen LogP contribution is 2.43. The molecule has 0 spiro atoms. The van der Waals surface area contributed by atoms with Gasteiger partial charge in [0.25, 0.3) is 5.91 Å². The average Bonchev–Trinajstić information content (AvgIpc) is 3.61. The number of amides is 1. The minimum absolute atomic E-state index is 0.104. The quantitative estimate of drug-likeness (QED) is 0.293. The summed E-state index contributed by atoms with van der Waals surface area (Å²) in [5, 5.41) is 18.5. The van der Waals surface area contributed by atoms with E-state index in [2.05, 4.69) is 15.2 Å². The van der Waals surface area contributed by atoms with Gasteiger partial charge >= 0.3 is 0 Å². The fraction of sp³-hybridized carbons (Fsp3) is 0.172. The minimum atomic E-state index is -0.359. The van der Waals surface area contributed by atoms with Gasteiger partial charge in [-0.2, -0.15) is 5.10 Å². The Balaban J connectivity index is 1.40. The van der Waals surface area contributed by atoms with Crippen LogP contribution >= 0.6 is 0 Å². The topological polar surface area (TPSA) is 103 Å². The minimum Gasteiger partial charge on any atom is -0.508 e. The van der Waals surface area contributed by atoms with Gasteiger partial charge in [0, 0.05) is 34.8 Å². The maximum absolute atomic E-state index is 13.7. The number of ether oxygens (including phenoxy) is 2. The number of nitrogens with zero attached hydrogens (tertiary/aromatic N) is 2. The summed E-state index contributed by atoms with van der Waals surface area (Å²) in [6.07, 6.45) is 2.64. The Kier molecular flexibility index (Phi) is 5.56. The van der Waals surface area contributed by atoms with Crippen molar-refractivity contribution in [3.63, 3.8) is 0 Å². The first-order chi connectivity index (χ1) is 18.1. The van der Waals surface area contributed by atoms with Crippen molar-refractivity contribution in [2.75, 3.05) is 20.8 Å². The highest BCUT2D eigenvalue weighted by Gasteiger charge is 2.42. The van der Waals surface area contributed by atoms with Crippen molar-refractivity contribution in [1.82, 2.24) is 20.1 Å². The fourth-order valence-electron chi connectivity index (χ4n) is 5.15. The molecular weight excluding hydrogens is 468 g/mol. The van der Waals surface area contributed by atoms with Gasteiger partial charge in [-0.15, -0.1) is 0 Å². The molecule has 0 fully saturated rings. The number of rotatable bonds is 7. The molecule has 3 N–H and O–H groups in total. The molecule has 6 rings (SSSR count). The van der Waals surface area contributed by atoms with Gasteiger partial charge in [0.05, 0.1) is 26.0 Å². The van der Waals surface area contributed by atoms with Gasteiger partial charge < -0.3 is 24.5 Å². The van der Waals surface area contributed by atoms with Crippen LogP contribution < -0.4 is 9.47 Å². The molecular formula is C29H26N4O4. The van der Waals surface area contributed by atoms with E-state index in [0.29, 0.717) is 30.1 Å². The average molecular weight is 495 g/mol. The third-order valence-electron chi connectivity index (χ3n) is 7.01. The fourth-order valence-corrected chi connectivity index (χ4v) is 5.15. The van der Waals surface area contributed by atoms with E-state index in [1.807, 2.05) is 65.7 Å². The molecule has 37 heavy (non-hydrogen) atoms. The lowest BCUT2D eigenvalue weighted by Gasteiger charge is -2.26. The van der Waals surface area contributed by atoms with Crippen molar-refractivity contribution >= 4 is 16.8 Å². The van der Waals surface area contributed by atoms with Crippen molar-refractivity contribution in [2.24, 2.45) is 0 Å². The van der Waals surface area contributed by atoms with E-state index in [4.69, 9.17) is 9.47 Å². The molecule has 3 heterocycles. The SMILES string of the molecule is COc1cccc(-c2n[nH]c3c2C(c2ccc(O)cc2)N(CCc2c[nH]c4ccc(OC)cc24)C3=O)c1. The summed E-state index contributed by atoms with van der Waals surface area (Å²) in [5.74, 6) is 1.57. The molecule has 1 aliphatic rings. The second kappa shape index (κ2) is 9.05. The molecule has 0 bridgehead atoms. The number of carbonyl (C=O) groups excluding carboxylic acids is 1. The predicted molar refractivity (Wildman–Crippen MR) is 140 cm³/mol. The largest absolute Gasteiger partial charge is 0.508 e. The van der Waals surface area contributed by atoms with Crippen LogP contribution in [0.1, 0.15) is 33.2 Å². The van der Waals surface area contributed by atoms with Crippen molar-refractivity contribution in [3.05, 3.63) is 95.3 Å². The van der Waals surface area contributed by atoms with E-state index in [1.54, 1.807) is 26.4 Å². The number of phenolic OH excluding ortho intramolecular Hbond substituents is 1. The van der Waals surface area contributed by atoms with Gasteiger partial charge in [0.15, 0.2) is 0 Å². The van der Waals surface area contributed by atoms with Crippen molar-refractivity contribution in [1.29, 1.82) is 0 Å². The maximum Gasteiger partial charge on any atom is 0.273 e. The Hall–Kier alpha value is -4.72. The molecule has 2 aromatic heterocycles. The molecule has 8 nitrogen and oxygen atoms in total. The van der Waals surface area contributed by atoms with Crippen LogP contribution in [0, 0.1) is 0 Å². The third kappa shape index (κ3) is 3.87. The molecule has 0 aliphatic carbocycles. The summed E-state index contributed by atoms with van der Waals surface area (Å²) in [4.78, 5) is 18.9. The Morgan fingerprint density at radius 3 is 2.57 bits per heavy atom. The van der Waals surface area contributed by atoms with Crippen molar-refractivity contribution in [3.8, 4) is 28.5 Å². The third-order valence-corrected chi connectivity index (χ3v) is 7.01. The molecule has 5 aromatic rings. The molecule has 0 saturated carbocycles. The first kappa shape index (κ1) is 22.7. The number of hydrogen-bond donors (Lipinski definition) is 3. The Labute approximate surface area is 213 Å². The molecule has 1 unspecified atom stereocenters. The Morgan fingerprint density at radius 1 is 1.00 bits per heavy atom. The van der Waals surface area contributed by atoms with Crippen LogP contribution in [0.4, 0.5) is 0 Å². The van der Waals surface area contributed by atoms with Crippen LogP contribution in [0.25, 0.3) is 22.2 Å². The lowest BCUT2D eigenvalue weighted by molar-refractivity contribution is 0.0746. The number of hydrogen-bond acceptors (Lipinski definition) is 5. The van der Waals surface area contributed by atoms with E-state index in [0.717, 1.165) is 38.9 Å².